The Morgan fingerprint density at radius 3 is 3.07 bits per heavy atom. The largest absolute Gasteiger partial charge is 0.460 e. The molecule has 0 aliphatic rings. The maximum Gasteiger partial charge on any atom is 0.374 e. The summed E-state index contributed by atoms with van der Waals surface area (Å²) in [6, 6.07) is 3.35. The summed E-state index contributed by atoms with van der Waals surface area (Å²) in [6.45, 7) is 3.96. The molecule has 1 aromatic rings. The molecule has 0 amide bonds. The summed E-state index contributed by atoms with van der Waals surface area (Å²) in [5.74, 6) is 0.510. The Morgan fingerprint density at radius 1 is 1.60 bits per heavy atom. The number of esters is 1. The van der Waals surface area contributed by atoms with Crippen molar-refractivity contribution in [2.45, 2.75) is 13.5 Å². The molecule has 0 atom stereocenters. The first-order valence-corrected chi connectivity index (χ1v) is 4.94. The molecule has 84 valence electrons. The van der Waals surface area contributed by atoms with Crippen molar-refractivity contribution in [3.63, 3.8) is 0 Å². The van der Waals surface area contributed by atoms with E-state index in [1.54, 1.807) is 19.1 Å². The van der Waals surface area contributed by atoms with E-state index in [-0.39, 0.29) is 5.76 Å². The van der Waals surface area contributed by atoms with Gasteiger partial charge in [0, 0.05) is 13.1 Å². The number of ether oxygens (including phenoxy) is 1. The zero-order valence-corrected chi connectivity index (χ0v) is 8.79. The summed E-state index contributed by atoms with van der Waals surface area (Å²) in [5, 5.41) is 3.06. The molecule has 0 aromatic carbocycles. The minimum Gasteiger partial charge on any atom is -0.460 e. The van der Waals surface area contributed by atoms with Gasteiger partial charge in [0.1, 0.15) is 5.76 Å². The number of carbonyl (C=O) groups excluding carboxylic acids is 1. The highest BCUT2D eigenvalue weighted by Crippen LogP contribution is 2.08. The lowest BCUT2D eigenvalue weighted by molar-refractivity contribution is 0.0488. The maximum atomic E-state index is 11.2. The quantitative estimate of drug-likeness (QED) is 0.530. The van der Waals surface area contributed by atoms with Crippen molar-refractivity contribution in [2.75, 3.05) is 19.7 Å². The molecule has 0 spiro atoms. The Balaban J connectivity index is 2.45. The molecule has 3 N–H and O–H groups in total. The SMILES string of the molecule is CCOC(=O)c1ccc(CNCCN)o1. The van der Waals surface area contributed by atoms with Crippen molar-refractivity contribution in [1.82, 2.24) is 5.32 Å². The van der Waals surface area contributed by atoms with Gasteiger partial charge < -0.3 is 20.2 Å². The van der Waals surface area contributed by atoms with Gasteiger partial charge in [-0.15, -0.1) is 0 Å². The van der Waals surface area contributed by atoms with E-state index in [1.807, 2.05) is 0 Å². The van der Waals surface area contributed by atoms with Gasteiger partial charge in [0.2, 0.25) is 5.76 Å². The van der Waals surface area contributed by atoms with Gasteiger partial charge in [-0.25, -0.2) is 4.79 Å². The molecule has 0 unspecified atom stereocenters. The lowest BCUT2D eigenvalue weighted by Gasteiger charge is -1.99. The predicted molar refractivity (Wildman–Crippen MR) is 55.4 cm³/mol. The van der Waals surface area contributed by atoms with Crippen LogP contribution >= 0.6 is 0 Å². The van der Waals surface area contributed by atoms with Crippen molar-refractivity contribution >= 4 is 5.97 Å². The average molecular weight is 212 g/mol. The third-order valence-electron chi connectivity index (χ3n) is 1.76. The lowest BCUT2D eigenvalue weighted by atomic mass is 10.4. The number of carbonyl (C=O) groups is 1. The van der Waals surface area contributed by atoms with Crippen LogP contribution in [0.25, 0.3) is 0 Å². The lowest BCUT2D eigenvalue weighted by Crippen LogP contribution is -2.21. The zero-order chi connectivity index (χ0) is 11.1. The number of hydrogen-bond donors (Lipinski definition) is 2. The summed E-state index contributed by atoms with van der Waals surface area (Å²) in [4.78, 5) is 11.2. The van der Waals surface area contributed by atoms with Crippen LogP contribution in [0.3, 0.4) is 0 Å². The molecule has 1 rings (SSSR count). The molecular formula is C10H16N2O3. The van der Waals surface area contributed by atoms with Crippen molar-refractivity contribution in [3.8, 4) is 0 Å². The zero-order valence-electron chi connectivity index (χ0n) is 8.79. The first kappa shape index (κ1) is 11.7. The van der Waals surface area contributed by atoms with Crippen LogP contribution in [0.4, 0.5) is 0 Å². The fourth-order valence-corrected chi connectivity index (χ4v) is 1.10. The first-order chi connectivity index (χ1) is 7.27. The molecule has 15 heavy (non-hydrogen) atoms. The van der Waals surface area contributed by atoms with Crippen LogP contribution in [0.15, 0.2) is 16.5 Å². The molecule has 0 radical (unpaired) electrons. The summed E-state index contributed by atoms with van der Waals surface area (Å²) in [5.41, 5.74) is 5.32. The molecule has 5 nitrogen and oxygen atoms in total. The Labute approximate surface area is 88.6 Å². The van der Waals surface area contributed by atoms with E-state index in [0.717, 1.165) is 6.54 Å². The fourth-order valence-electron chi connectivity index (χ4n) is 1.10. The maximum absolute atomic E-state index is 11.2. The third-order valence-corrected chi connectivity index (χ3v) is 1.76. The van der Waals surface area contributed by atoms with Crippen LogP contribution in [-0.4, -0.2) is 25.7 Å². The smallest absolute Gasteiger partial charge is 0.374 e. The van der Waals surface area contributed by atoms with Gasteiger partial charge >= 0.3 is 5.97 Å². The van der Waals surface area contributed by atoms with Crippen molar-refractivity contribution in [1.29, 1.82) is 0 Å². The van der Waals surface area contributed by atoms with E-state index in [4.69, 9.17) is 14.9 Å². The van der Waals surface area contributed by atoms with Crippen molar-refractivity contribution in [3.05, 3.63) is 23.7 Å². The van der Waals surface area contributed by atoms with Crippen molar-refractivity contribution < 1.29 is 13.9 Å². The van der Waals surface area contributed by atoms with E-state index < -0.39 is 5.97 Å². The summed E-state index contributed by atoms with van der Waals surface area (Å²) < 4.78 is 10.1. The fraction of sp³-hybridized carbons (Fsp3) is 0.500. The molecule has 0 bridgehead atoms. The second-order valence-corrected chi connectivity index (χ2v) is 2.95. The van der Waals surface area contributed by atoms with Gasteiger partial charge in [-0.05, 0) is 19.1 Å². The highest BCUT2D eigenvalue weighted by Gasteiger charge is 2.11. The predicted octanol–water partition coefficient (Wildman–Crippen LogP) is 0.505. The highest BCUT2D eigenvalue weighted by atomic mass is 16.5. The number of rotatable bonds is 6. The summed E-state index contributed by atoms with van der Waals surface area (Å²) >= 11 is 0. The molecule has 5 heteroatoms. The molecule has 0 saturated carbocycles. The van der Waals surface area contributed by atoms with E-state index in [0.29, 0.717) is 25.5 Å². The van der Waals surface area contributed by atoms with Gasteiger partial charge in [0.15, 0.2) is 0 Å². The van der Waals surface area contributed by atoms with Gasteiger partial charge in [0.25, 0.3) is 0 Å². The molecule has 1 aromatic heterocycles. The Hall–Kier alpha value is -1.33. The summed E-state index contributed by atoms with van der Waals surface area (Å²) in [6.07, 6.45) is 0. The number of hydrogen-bond acceptors (Lipinski definition) is 5. The molecule has 0 aliphatic carbocycles. The second kappa shape index (κ2) is 6.21. The molecule has 0 fully saturated rings. The van der Waals surface area contributed by atoms with Crippen LogP contribution in [0, 0.1) is 0 Å². The van der Waals surface area contributed by atoms with Gasteiger partial charge in [0.05, 0.1) is 13.2 Å². The molecular weight excluding hydrogens is 196 g/mol. The summed E-state index contributed by atoms with van der Waals surface area (Å²) in [7, 11) is 0. The topological polar surface area (TPSA) is 77.5 Å². The van der Waals surface area contributed by atoms with Crippen molar-refractivity contribution in [2.24, 2.45) is 5.73 Å². The van der Waals surface area contributed by atoms with Gasteiger partial charge in [-0.1, -0.05) is 0 Å². The van der Waals surface area contributed by atoms with E-state index in [1.165, 1.54) is 0 Å². The number of furan rings is 1. The number of nitrogens with one attached hydrogen (secondary N) is 1. The van der Waals surface area contributed by atoms with Gasteiger partial charge in [-0.2, -0.15) is 0 Å². The van der Waals surface area contributed by atoms with E-state index in [9.17, 15) is 4.79 Å². The number of nitrogens with two attached hydrogens (primary N) is 1. The highest BCUT2D eigenvalue weighted by molar-refractivity contribution is 5.86. The Kier molecular flexibility index (Phi) is 4.86. The Bertz CT molecular complexity index is 309. The van der Waals surface area contributed by atoms with Crippen LogP contribution in [-0.2, 0) is 11.3 Å². The first-order valence-electron chi connectivity index (χ1n) is 4.94. The third kappa shape index (κ3) is 3.73. The van der Waals surface area contributed by atoms with Crippen LogP contribution in [0.5, 0.6) is 0 Å². The molecule has 0 saturated heterocycles. The molecule has 1 heterocycles. The molecule has 0 aliphatic heterocycles. The van der Waals surface area contributed by atoms with Crippen LogP contribution in [0.2, 0.25) is 0 Å². The second-order valence-electron chi connectivity index (χ2n) is 2.95. The minimum absolute atomic E-state index is 0.237. The van der Waals surface area contributed by atoms with Gasteiger partial charge in [-0.3, -0.25) is 0 Å². The Morgan fingerprint density at radius 2 is 2.40 bits per heavy atom. The standard InChI is InChI=1S/C10H16N2O3/c1-2-14-10(13)9-4-3-8(15-9)7-12-6-5-11/h3-4,12H,2,5-7,11H2,1H3. The minimum atomic E-state index is -0.428. The van der Waals surface area contributed by atoms with E-state index in [2.05, 4.69) is 5.32 Å². The monoisotopic (exact) mass is 212 g/mol. The average Bonchev–Trinajstić information content (AvgIpc) is 2.67. The van der Waals surface area contributed by atoms with Crippen LogP contribution < -0.4 is 11.1 Å². The van der Waals surface area contributed by atoms with Crippen LogP contribution in [0.1, 0.15) is 23.2 Å². The normalized spacial score (nSPS) is 10.3. The van der Waals surface area contributed by atoms with E-state index >= 15 is 0 Å².